The van der Waals surface area contributed by atoms with Gasteiger partial charge in [-0.15, -0.1) is 0 Å². The first kappa shape index (κ1) is 14.4. The molecule has 3 rings (SSSR count). The van der Waals surface area contributed by atoms with Crippen molar-refractivity contribution in [1.29, 1.82) is 0 Å². The molecule has 112 valence electrons. The number of fused-ring (bicyclic) bond motifs is 1. The van der Waals surface area contributed by atoms with Gasteiger partial charge >= 0.3 is 0 Å². The summed E-state index contributed by atoms with van der Waals surface area (Å²) in [5.74, 6) is 0. The van der Waals surface area contributed by atoms with Crippen molar-refractivity contribution >= 4 is 10.0 Å². The molecule has 0 atom stereocenters. The van der Waals surface area contributed by atoms with Crippen molar-refractivity contribution in [3.8, 4) is 0 Å². The first-order chi connectivity index (χ1) is 10.0. The highest BCUT2D eigenvalue weighted by Crippen LogP contribution is 2.24. The van der Waals surface area contributed by atoms with Crippen molar-refractivity contribution in [3.63, 3.8) is 0 Å². The van der Waals surface area contributed by atoms with Gasteiger partial charge in [0.2, 0.25) is 10.0 Å². The van der Waals surface area contributed by atoms with Gasteiger partial charge in [0.15, 0.2) is 0 Å². The van der Waals surface area contributed by atoms with E-state index in [1.54, 1.807) is 6.07 Å². The number of sulfonamides is 1. The molecule has 0 spiro atoms. The molecule has 1 aliphatic rings. The molecule has 4 nitrogen and oxygen atoms in total. The Hall–Kier alpha value is -1.59. The highest BCUT2D eigenvalue weighted by Gasteiger charge is 2.17. The van der Waals surface area contributed by atoms with E-state index in [1.165, 1.54) is 17.5 Å². The Morgan fingerprint density at radius 1 is 1.14 bits per heavy atom. The van der Waals surface area contributed by atoms with Crippen LogP contribution < -0.4 is 4.72 Å². The zero-order valence-electron chi connectivity index (χ0n) is 12.2. The molecule has 0 bridgehead atoms. The quantitative estimate of drug-likeness (QED) is 0.943. The summed E-state index contributed by atoms with van der Waals surface area (Å²) in [6.45, 7) is 0.320. The number of aromatic nitrogens is 1. The van der Waals surface area contributed by atoms with Crippen molar-refractivity contribution in [2.75, 3.05) is 0 Å². The van der Waals surface area contributed by atoms with Crippen LogP contribution in [0.3, 0.4) is 0 Å². The fourth-order valence-electron chi connectivity index (χ4n) is 2.80. The van der Waals surface area contributed by atoms with Gasteiger partial charge in [0.1, 0.15) is 0 Å². The van der Waals surface area contributed by atoms with Crippen LogP contribution in [0.4, 0.5) is 0 Å². The molecule has 0 amide bonds. The van der Waals surface area contributed by atoms with Gasteiger partial charge in [0.05, 0.1) is 4.90 Å². The number of benzene rings is 1. The molecule has 1 aliphatic carbocycles. The summed E-state index contributed by atoms with van der Waals surface area (Å²) in [6, 6.07) is 7.43. The van der Waals surface area contributed by atoms with Crippen molar-refractivity contribution in [2.45, 2.75) is 37.1 Å². The Morgan fingerprint density at radius 3 is 2.62 bits per heavy atom. The maximum absolute atomic E-state index is 12.4. The van der Waals surface area contributed by atoms with Gasteiger partial charge in [-0.3, -0.25) is 0 Å². The van der Waals surface area contributed by atoms with Crippen LogP contribution in [0.15, 0.2) is 41.6 Å². The lowest BCUT2D eigenvalue weighted by Crippen LogP contribution is -2.23. The highest BCUT2D eigenvalue weighted by atomic mass is 32.2. The molecule has 2 aromatic rings. The number of nitrogens with zero attached hydrogens (tertiary/aromatic N) is 1. The Kier molecular flexibility index (Phi) is 3.87. The summed E-state index contributed by atoms with van der Waals surface area (Å²) in [5.41, 5.74) is 3.44. The predicted octanol–water partition coefficient (Wildman–Crippen LogP) is 2.38. The number of nitrogens with one attached hydrogen (secondary N) is 1. The third-order valence-corrected chi connectivity index (χ3v) is 5.39. The Labute approximate surface area is 125 Å². The molecule has 0 saturated carbocycles. The summed E-state index contributed by atoms with van der Waals surface area (Å²) in [4.78, 5) is 0.374. The first-order valence-corrected chi connectivity index (χ1v) is 8.75. The largest absolute Gasteiger partial charge is 0.357 e. The second-order valence-electron chi connectivity index (χ2n) is 5.65. The highest BCUT2D eigenvalue weighted by molar-refractivity contribution is 7.89. The molecular formula is C16H20N2O2S. The second-order valence-corrected chi connectivity index (χ2v) is 7.41. The molecule has 21 heavy (non-hydrogen) atoms. The molecule has 1 N–H and O–H groups in total. The maximum Gasteiger partial charge on any atom is 0.240 e. The SMILES string of the molecule is Cn1ccc(CNS(=O)(=O)c2ccc3c(c2)CCCC3)c1. The van der Waals surface area contributed by atoms with Crippen LogP contribution in [0.5, 0.6) is 0 Å². The fourth-order valence-corrected chi connectivity index (χ4v) is 3.87. The third kappa shape index (κ3) is 3.19. The van der Waals surface area contributed by atoms with Crippen LogP contribution in [-0.4, -0.2) is 13.0 Å². The molecule has 1 aromatic heterocycles. The molecule has 0 aliphatic heterocycles. The van der Waals surface area contributed by atoms with Gasteiger partial charge in [-0.1, -0.05) is 6.07 Å². The lowest BCUT2D eigenvalue weighted by molar-refractivity contribution is 0.580. The van der Waals surface area contributed by atoms with E-state index in [9.17, 15) is 8.42 Å². The standard InChI is InChI=1S/C16H20N2O2S/c1-18-9-8-13(12-18)11-17-21(19,20)16-7-6-14-4-2-3-5-15(14)10-16/h6-10,12,17H,2-5,11H2,1H3. The van der Waals surface area contributed by atoms with Gasteiger partial charge in [0.25, 0.3) is 0 Å². The summed E-state index contributed by atoms with van der Waals surface area (Å²) in [6.07, 6.45) is 8.21. The minimum Gasteiger partial charge on any atom is -0.357 e. The van der Waals surface area contributed by atoms with Crippen LogP contribution in [0.1, 0.15) is 29.5 Å². The molecule has 0 unspecified atom stereocenters. The zero-order valence-corrected chi connectivity index (χ0v) is 13.0. The minimum atomic E-state index is -3.44. The number of hydrogen-bond acceptors (Lipinski definition) is 2. The van der Waals surface area contributed by atoms with Crippen LogP contribution in [0.25, 0.3) is 0 Å². The van der Waals surface area contributed by atoms with E-state index in [2.05, 4.69) is 4.72 Å². The Bertz CT molecular complexity index is 747. The van der Waals surface area contributed by atoms with Crippen LogP contribution in [0.2, 0.25) is 0 Å². The van der Waals surface area contributed by atoms with E-state index in [4.69, 9.17) is 0 Å². The number of rotatable bonds is 4. The zero-order chi connectivity index (χ0) is 14.9. The van der Waals surface area contributed by atoms with E-state index in [-0.39, 0.29) is 0 Å². The second kappa shape index (κ2) is 5.66. The number of aryl methyl sites for hydroxylation is 3. The normalized spacial score (nSPS) is 14.9. The third-order valence-electron chi connectivity index (χ3n) is 3.99. The van der Waals surface area contributed by atoms with E-state index >= 15 is 0 Å². The molecule has 1 aromatic carbocycles. The summed E-state index contributed by atoms with van der Waals surface area (Å²) >= 11 is 0. The monoisotopic (exact) mass is 304 g/mol. The predicted molar refractivity (Wildman–Crippen MR) is 82.5 cm³/mol. The van der Waals surface area contributed by atoms with Gasteiger partial charge < -0.3 is 4.57 Å². The van der Waals surface area contributed by atoms with E-state index < -0.39 is 10.0 Å². The Balaban J connectivity index is 1.78. The van der Waals surface area contributed by atoms with Crippen molar-refractivity contribution in [3.05, 3.63) is 53.3 Å². The smallest absolute Gasteiger partial charge is 0.240 e. The topological polar surface area (TPSA) is 51.1 Å². The van der Waals surface area contributed by atoms with E-state index in [1.807, 2.05) is 42.2 Å². The minimum absolute atomic E-state index is 0.320. The van der Waals surface area contributed by atoms with Crippen LogP contribution in [0, 0.1) is 0 Å². The summed E-state index contributed by atoms with van der Waals surface area (Å²) < 4.78 is 29.3. The van der Waals surface area contributed by atoms with Crippen LogP contribution in [-0.2, 0) is 36.5 Å². The molecule has 5 heteroatoms. The lowest BCUT2D eigenvalue weighted by Gasteiger charge is -2.16. The maximum atomic E-state index is 12.4. The molecule has 0 fully saturated rings. The Morgan fingerprint density at radius 2 is 1.90 bits per heavy atom. The van der Waals surface area contributed by atoms with Gasteiger partial charge in [-0.25, -0.2) is 13.1 Å². The van der Waals surface area contributed by atoms with Gasteiger partial charge in [-0.2, -0.15) is 0 Å². The van der Waals surface area contributed by atoms with Crippen molar-refractivity contribution < 1.29 is 8.42 Å². The molecule has 0 saturated heterocycles. The molecule has 1 heterocycles. The van der Waals surface area contributed by atoms with Gasteiger partial charge in [-0.05, 0) is 60.6 Å². The average Bonchev–Trinajstić information content (AvgIpc) is 2.90. The first-order valence-electron chi connectivity index (χ1n) is 7.27. The lowest BCUT2D eigenvalue weighted by atomic mass is 9.92. The molecular weight excluding hydrogens is 284 g/mol. The van der Waals surface area contributed by atoms with E-state index in [0.29, 0.717) is 11.4 Å². The van der Waals surface area contributed by atoms with E-state index in [0.717, 1.165) is 24.8 Å². The summed E-state index contributed by atoms with van der Waals surface area (Å²) in [5, 5.41) is 0. The molecule has 0 radical (unpaired) electrons. The summed E-state index contributed by atoms with van der Waals surface area (Å²) in [7, 11) is -1.52. The fraction of sp³-hybridized carbons (Fsp3) is 0.375. The average molecular weight is 304 g/mol. The van der Waals surface area contributed by atoms with Crippen molar-refractivity contribution in [2.24, 2.45) is 7.05 Å². The van der Waals surface area contributed by atoms with Crippen LogP contribution >= 0.6 is 0 Å². The van der Waals surface area contributed by atoms with Gasteiger partial charge in [0, 0.05) is 26.0 Å². The number of hydrogen-bond donors (Lipinski definition) is 1. The van der Waals surface area contributed by atoms with Crippen molar-refractivity contribution in [1.82, 2.24) is 9.29 Å².